The van der Waals surface area contributed by atoms with Crippen molar-refractivity contribution < 1.29 is 44.5 Å². The third kappa shape index (κ3) is 1.66. The first-order valence-electron chi connectivity index (χ1n) is 10.5. The number of hydrogen-bond acceptors (Lipinski definition) is 9. The summed E-state index contributed by atoms with van der Waals surface area (Å²) in [5.41, 5.74) is -5.81. The molecule has 4 aliphatic heterocycles. The topological polar surface area (TPSA) is 138 Å². The fraction of sp³-hybridized carbons (Fsp3) is 1.00. The summed E-state index contributed by atoms with van der Waals surface area (Å²) in [6.07, 6.45) is -6.98. The molecule has 172 valence electrons. The minimum Gasteiger partial charge on any atom is -0.387 e. The van der Waals surface area contributed by atoms with Crippen LogP contribution in [0.1, 0.15) is 48.0 Å². The molecule has 0 bridgehead atoms. The maximum atomic E-state index is 12.0. The SMILES string of the molecule is C.C[C@@H]1C(O)OC2CC34C5C[C@@H](C(C)(C)C)C36[C@@H](O[C@H](O)[C@@H]6O)O[C@@]4(C(O)O5)[C@]21O. The van der Waals surface area contributed by atoms with Gasteiger partial charge in [0.2, 0.25) is 0 Å². The molecule has 4 heterocycles. The molecule has 5 N–H and O–H groups in total. The number of aliphatic hydroxyl groups is 5. The van der Waals surface area contributed by atoms with Gasteiger partial charge in [0.15, 0.2) is 30.8 Å². The Kier molecular flexibility index (Phi) is 3.99. The summed E-state index contributed by atoms with van der Waals surface area (Å²) in [5, 5.41) is 55.3. The monoisotopic (exact) mass is 430 g/mol. The van der Waals surface area contributed by atoms with Crippen molar-refractivity contribution in [2.75, 3.05) is 0 Å². The Hall–Kier alpha value is -0.360. The maximum Gasteiger partial charge on any atom is 0.188 e. The van der Waals surface area contributed by atoms with E-state index in [2.05, 4.69) is 20.8 Å². The second kappa shape index (κ2) is 5.58. The molecule has 0 amide bonds. The summed E-state index contributed by atoms with van der Waals surface area (Å²) in [4.78, 5) is 0. The third-order valence-corrected chi connectivity index (χ3v) is 9.42. The van der Waals surface area contributed by atoms with Crippen LogP contribution in [0.3, 0.4) is 0 Å². The van der Waals surface area contributed by atoms with Crippen LogP contribution in [0.2, 0.25) is 0 Å². The van der Waals surface area contributed by atoms with E-state index < -0.39 is 71.4 Å². The lowest BCUT2D eigenvalue weighted by Crippen LogP contribution is -2.67. The van der Waals surface area contributed by atoms with Gasteiger partial charge in [-0.3, -0.25) is 0 Å². The highest BCUT2D eigenvalue weighted by atomic mass is 16.8. The lowest BCUT2D eigenvalue weighted by atomic mass is 9.51. The lowest BCUT2D eigenvalue weighted by Gasteiger charge is -2.49. The van der Waals surface area contributed by atoms with E-state index in [4.69, 9.17) is 18.9 Å². The minimum atomic E-state index is -1.74. The van der Waals surface area contributed by atoms with E-state index in [-0.39, 0.29) is 25.2 Å². The number of rotatable bonds is 0. The second-order valence-electron chi connectivity index (χ2n) is 11.0. The summed E-state index contributed by atoms with van der Waals surface area (Å²) in [6, 6.07) is 0. The fourth-order valence-electron chi connectivity index (χ4n) is 8.55. The van der Waals surface area contributed by atoms with Crippen LogP contribution >= 0.6 is 0 Å². The molecule has 2 aliphatic carbocycles. The van der Waals surface area contributed by atoms with Crippen molar-refractivity contribution in [2.24, 2.45) is 28.1 Å². The molecule has 2 saturated carbocycles. The van der Waals surface area contributed by atoms with Gasteiger partial charge < -0.3 is 44.5 Å². The largest absolute Gasteiger partial charge is 0.387 e. The summed E-state index contributed by atoms with van der Waals surface area (Å²) >= 11 is 0. The standard InChI is InChI=1S/C20H30O9.CH4/c1-7-12(22)26-10-6-17-9-5-8(16(2,3)4)18(17)11(21)13(23)28-15(18)29-20(17,14(24)27-9)19(7,10)25;/h7-15,21-25H,5-6H2,1-4H3;1H4/t7-,8+,9?,10?,11+,12?,13+,14?,15+,17?,18?,19-,20-;/m1./s1. The average Bonchev–Trinajstić information content (AvgIpc) is 3.31. The van der Waals surface area contributed by atoms with Crippen molar-refractivity contribution >= 4 is 0 Å². The molecule has 6 rings (SSSR count). The van der Waals surface area contributed by atoms with Gasteiger partial charge in [0.05, 0.1) is 17.6 Å². The van der Waals surface area contributed by atoms with Gasteiger partial charge in [-0.05, 0) is 24.2 Å². The molecule has 9 nitrogen and oxygen atoms in total. The predicted molar refractivity (Wildman–Crippen MR) is 100 cm³/mol. The van der Waals surface area contributed by atoms with E-state index in [0.717, 1.165) is 0 Å². The number of ether oxygens (including phenoxy) is 4. The van der Waals surface area contributed by atoms with Gasteiger partial charge in [0.1, 0.15) is 11.7 Å². The molecule has 0 aromatic heterocycles. The zero-order valence-electron chi connectivity index (χ0n) is 17.0. The molecule has 0 radical (unpaired) electrons. The van der Waals surface area contributed by atoms with Crippen molar-refractivity contribution in [1.82, 2.24) is 0 Å². The Labute approximate surface area is 175 Å². The van der Waals surface area contributed by atoms with Crippen LogP contribution in [-0.4, -0.2) is 80.2 Å². The molecule has 6 unspecified atom stereocenters. The smallest absolute Gasteiger partial charge is 0.188 e. The summed E-state index contributed by atoms with van der Waals surface area (Å²) in [7, 11) is 0. The molecule has 2 spiro atoms. The van der Waals surface area contributed by atoms with E-state index in [9.17, 15) is 25.5 Å². The van der Waals surface area contributed by atoms with Crippen LogP contribution in [0.5, 0.6) is 0 Å². The van der Waals surface area contributed by atoms with E-state index >= 15 is 0 Å². The van der Waals surface area contributed by atoms with Crippen LogP contribution in [0.15, 0.2) is 0 Å². The zero-order chi connectivity index (χ0) is 20.9. The predicted octanol–water partition coefficient (Wildman–Crippen LogP) is -0.329. The Morgan fingerprint density at radius 3 is 2.23 bits per heavy atom. The van der Waals surface area contributed by atoms with Crippen molar-refractivity contribution in [1.29, 1.82) is 0 Å². The molecule has 6 aliphatic rings. The Balaban J connectivity index is 0.00000193. The summed E-state index contributed by atoms with van der Waals surface area (Å²) < 4.78 is 23.9. The molecule has 13 atom stereocenters. The zero-order valence-corrected chi connectivity index (χ0v) is 17.0. The molecule has 0 aromatic carbocycles. The second-order valence-corrected chi connectivity index (χ2v) is 11.0. The highest BCUT2D eigenvalue weighted by molar-refractivity contribution is 5.42. The number of aliphatic hydroxyl groups excluding tert-OH is 4. The van der Waals surface area contributed by atoms with Crippen molar-refractivity contribution in [3.63, 3.8) is 0 Å². The summed E-state index contributed by atoms with van der Waals surface area (Å²) in [5.74, 6) is -0.926. The third-order valence-electron chi connectivity index (χ3n) is 9.42. The van der Waals surface area contributed by atoms with Crippen LogP contribution in [0.4, 0.5) is 0 Å². The van der Waals surface area contributed by atoms with Gasteiger partial charge >= 0.3 is 0 Å². The van der Waals surface area contributed by atoms with E-state index in [1.165, 1.54) is 0 Å². The fourth-order valence-corrected chi connectivity index (χ4v) is 8.55. The Morgan fingerprint density at radius 2 is 1.60 bits per heavy atom. The molecule has 9 heteroatoms. The van der Waals surface area contributed by atoms with E-state index in [1.54, 1.807) is 6.92 Å². The van der Waals surface area contributed by atoms with E-state index in [0.29, 0.717) is 6.42 Å². The molecule has 30 heavy (non-hydrogen) atoms. The molecule has 0 aromatic rings. The number of fused-ring (bicyclic) bond motifs is 1. The quantitative estimate of drug-likeness (QED) is 0.350. The average molecular weight is 430 g/mol. The summed E-state index contributed by atoms with van der Waals surface area (Å²) in [6.45, 7) is 7.83. The maximum absolute atomic E-state index is 12.0. The first-order chi connectivity index (χ1) is 13.4. The molecular weight excluding hydrogens is 396 g/mol. The Bertz CT molecular complexity index is 770. The normalized spacial score (nSPS) is 65.3. The molecule has 6 fully saturated rings. The van der Waals surface area contributed by atoms with E-state index in [1.807, 2.05) is 0 Å². The first kappa shape index (κ1) is 21.5. The van der Waals surface area contributed by atoms with Crippen LogP contribution < -0.4 is 0 Å². The molecule has 4 saturated heterocycles. The van der Waals surface area contributed by atoms with Crippen LogP contribution in [0, 0.1) is 28.1 Å². The van der Waals surface area contributed by atoms with Crippen molar-refractivity contribution in [3.8, 4) is 0 Å². The lowest BCUT2D eigenvalue weighted by molar-refractivity contribution is -0.310. The number of hydrogen-bond donors (Lipinski definition) is 5. The highest BCUT2D eigenvalue weighted by Gasteiger charge is 2.99. The van der Waals surface area contributed by atoms with Gasteiger partial charge in [-0.1, -0.05) is 35.1 Å². The first-order valence-corrected chi connectivity index (χ1v) is 10.5. The van der Waals surface area contributed by atoms with Gasteiger partial charge in [-0.2, -0.15) is 0 Å². The Morgan fingerprint density at radius 1 is 0.933 bits per heavy atom. The van der Waals surface area contributed by atoms with Crippen LogP contribution in [0.25, 0.3) is 0 Å². The van der Waals surface area contributed by atoms with Gasteiger partial charge in [-0.25, -0.2) is 0 Å². The van der Waals surface area contributed by atoms with Gasteiger partial charge in [-0.15, -0.1) is 0 Å². The van der Waals surface area contributed by atoms with Crippen molar-refractivity contribution in [2.45, 2.75) is 103 Å². The highest BCUT2D eigenvalue weighted by Crippen LogP contribution is 2.85. The van der Waals surface area contributed by atoms with Gasteiger partial charge in [0, 0.05) is 11.3 Å². The minimum absolute atomic E-state index is 0. The molecular formula is C21H34O9. The van der Waals surface area contributed by atoms with Gasteiger partial charge in [0.25, 0.3) is 0 Å². The van der Waals surface area contributed by atoms with Crippen molar-refractivity contribution in [3.05, 3.63) is 0 Å². The van der Waals surface area contributed by atoms with Crippen LogP contribution in [-0.2, 0) is 18.9 Å².